The Kier molecular flexibility index (Phi) is 4.85. The van der Waals surface area contributed by atoms with Crippen LogP contribution in [-0.2, 0) is 0 Å². The Hall–Kier alpha value is -0.560. The van der Waals surface area contributed by atoms with Gasteiger partial charge >= 0.3 is 0 Å². The fraction of sp³-hybridized carbons (Fsp3) is 0.500. The monoisotopic (exact) mass is 292 g/mol. The number of rotatable bonds is 3. The van der Waals surface area contributed by atoms with Gasteiger partial charge in [-0.05, 0) is 36.8 Å². The number of halogens is 1. The molecule has 0 bridgehead atoms. The molecule has 0 unspecified atom stereocenters. The van der Waals surface area contributed by atoms with Gasteiger partial charge in [0.2, 0.25) is 0 Å². The van der Waals surface area contributed by atoms with Gasteiger partial charge in [0.15, 0.2) is 0 Å². The van der Waals surface area contributed by atoms with Gasteiger partial charge < -0.3 is 0 Å². The zero-order valence-electron chi connectivity index (χ0n) is 10.6. The largest absolute Gasteiger partial charge is 0.0880 e. The molecule has 17 heavy (non-hydrogen) atoms. The zero-order chi connectivity index (χ0) is 12.1. The van der Waals surface area contributed by atoms with Crippen molar-refractivity contribution >= 4 is 22.0 Å². The first-order valence-corrected chi connectivity index (χ1v) is 7.75. The van der Waals surface area contributed by atoms with E-state index in [2.05, 4.69) is 53.2 Å². The molecule has 1 aliphatic rings. The summed E-state index contributed by atoms with van der Waals surface area (Å²) in [4.78, 5) is 0. The van der Waals surface area contributed by atoms with Crippen molar-refractivity contribution in [3.05, 3.63) is 41.0 Å². The third-order valence-electron chi connectivity index (χ3n) is 3.64. The first kappa shape index (κ1) is 12.9. The van der Waals surface area contributed by atoms with Crippen molar-refractivity contribution in [2.45, 2.75) is 44.9 Å². The number of allylic oxidation sites excluding steroid dienone is 1. The van der Waals surface area contributed by atoms with Crippen molar-refractivity contribution in [2.24, 2.45) is 0 Å². The Labute approximate surface area is 113 Å². The lowest BCUT2D eigenvalue weighted by Crippen LogP contribution is -2.04. The molecule has 2 rings (SSSR count). The summed E-state index contributed by atoms with van der Waals surface area (Å²) in [6.45, 7) is 2.16. The molecule has 1 saturated carbocycles. The van der Waals surface area contributed by atoms with Crippen molar-refractivity contribution in [3.8, 4) is 0 Å². The average Bonchev–Trinajstić information content (AvgIpc) is 2.40. The second kappa shape index (κ2) is 6.39. The van der Waals surface area contributed by atoms with Crippen LogP contribution in [0.15, 0.2) is 29.8 Å². The minimum absolute atomic E-state index is 0.819. The Morgan fingerprint density at radius 1 is 1.18 bits per heavy atom. The zero-order valence-corrected chi connectivity index (χ0v) is 12.2. The maximum atomic E-state index is 3.48. The Morgan fingerprint density at radius 2 is 1.82 bits per heavy atom. The van der Waals surface area contributed by atoms with Gasteiger partial charge in [-0.3, -0.25) is 0 Å². The predicted molar refractivity (Wildman–Crippen MR) is 79.7 cm³/mol. The van der Waals surface area contributed by atoms with Gasteiger partial charge in [-0.1, -0.05) is 71.1 Å². The molecular formula is C16H21Br. The van der Waals surface area contributed by atoms with Gasteiger partial charge in [0, 0.05) is 5.33 Å². The van der Waals surface area contributed by atoms with E-state index in [0.717, 1.165) is 11.2 Å². The molecule has 0 N–H and O–H groups in total. The van der Waals surface area contributed by atoms with E-state index in [1.165, 1.54) is 43.2 Å². The first-order valence-electron chi connectivity index (χ1n) is 6.62. The second-order valence-corrected chi connectivity index (χ2v) is 5.69. The minimum atomic E-state index is 0.819. The van der Waals surface area contributed by atoms with E-state index in [0.29, 0.717) is 0 Å². The van der Waals surface area contributed by atoms with Crippen LogP contribution in [0.2, 0.25) is 0 Å². The molecular weight excluding hydrogens is 272 g/mol. The van der Waals surface area contributed by atoms with Crippen LogP contribution in [0.5, 0.6) is 0 Å². The Morgan fingerprint density at radius 3 is 2.41 bits per heavy atom. The van der Waals surface area contributed by atoms with Crippen LogP contribution in [0, 0.1) is 0 Å². The summed E-state index contributed by atoms with van der Waals surface area (Å²) < 4.78 is 0. The van der Waals surface area contributed by atoms with Crippen molar-refractivity contribution in [3.63, 3.8) is 0 Å². The van der Waals surface area contributed by atoms with Crippen molar-refractivity contribution in [1.29, 1.82) is 0 Å². The lowest BCUT2D eigenvalue weighted by Gasteiger charge is -2.21. The summed E-state index contributed by atoms with van der Waals surface area (Å²) in [6.07, 6.45) is 9.27. The third-order valence-corrected chi connectivity index (χ3v) is 4.52. The summed E-state index contributed by atoms with van der Waals surface area (Å²) in [5, 5.41) is 0.956. The highest BCUT2D eigenvalue weighted by molar-refractivity contribution is 9.09. The van der Waals surface area contributed by atoms with E-state index in [1.807, 2.05) is 0 Å². The SMILES string of the molecule is CC(=Cc1ccc(C2CCCCC2)cc1)CBr. The molecule has 1 aromatic carbocycles. The molecule has 1 aromatic rings. The van der Waals surface area contributed by atoms with Gasteiger partial charge in [-0.2, -0.15) is 0 Å². The van der Waals surface area contributed by atoms with E-state index < -0.39 is 0 Å². The maximum Gasteiger partial charge on any atom is 0.0242 e. The molecule has 0 radical (unpaired) electrons. The van der Waals surface area contributed by atoms with E-state index in [1.54, 1.807) is 5.56 Å². The number of hydrogen-bond donors (Lipinski definition) is 0. The molecule has 0 aliphatic heterocycles. The van der Waals surface area contributed by atoms with Crippen molar-refractivity contribution < 1.29 is 0 Å². The molecule has 0 aromatic heterocycles. The molecule has 0 heterocycles. The topological polar surface area (TPSA) is 0 Å². The molecule has 0 saturated heterocycles. The molecule has 0 amide bonds. The van der Waals surface area contributed by atoms with Crippen LogP contribution in [0.4, 0.5) is 0 Å². The highest BCUT2D eigenvalue weighted by Crippen LogP contribution is 2.32. The smallest absolute Gasteiger partial charge is 0.0242 e. The van der Waals surface area contributed by atoms with E-state index in [9.17, 15) is 0 Å². The van der Waals surface area contributed by atoms with Crippen LogP contribution >= 0.6 is 15.9 Å². The number of hydrogen-bond acceptors (Lipinski definition) is 0. The van der Waals surface area contributed by atoms with E-state index in [4.69, 9.17) is 0 Å². The van der Waals surface area contributed by atoms with Crippen molar-refractivity contribution in [1.82, 2.24) is 0 Å². The van der Waals surface area contributed by atoms with Crippen LogP contribution < -0.4 is 0 Å². The van der Waals surface area contributed by atoms with Crippen LogP contribution in [-0.4, -0.2) is 5.33 Å². The maximum absolute atomic E-state index is 3.48. The summed E-state index contributed by atoms with van der Waals surface area (Å²) in [5.41, 5.74) is 4.23. The lowest BCUT2D eigenvalue weighted by atomic mass is 9.84. The first-order chi connectivity index (χ1) is 8.29. The standard InChI is InChI=1S/C16H21Br/c1-13(12-17)11-14-7-9-16(10-8-14)15-5-3-2-4-6-15/h7-11,15H,2-6,12H2,1H3. The molecule has 0 nitrogen and oxygen atoms in total. The molecule has 92 valence electrons. The van der Waals surface area contributed by atoms with Gasteiger partial charge in [0.1, 0.15) is 0 Å². The highest BCUT2D eigenvalue weighted by atomic mass is 79.9. The second-order valence-electron chi connectivity index (χ2n) is 5.13. The normalized spacial score (nSPS) is 18.4. The van der Waals surface area contributed by atoms with Crippen LogP contribution in [0.1, 0.15) is 56.1 Å². The van der Waals surface area contributed by atoms with Gasteiger partial charge in [0.05, 0.1) is 0 Å². The highest BCUT2D eigenvalue weighted by Gasteiger charge is 2.14. The number of alkyl halides is 1. The van der Waals surface area contributed by atoms with Gasteiger partial charge in [-0.15, -0.1) is 0 Å². The molecule has 1 heteroatoms. The van der Waals surface area contributed by atoms with Crippen molar-refractivity contribution in [2.75, 3.05) is 5.33 Å². The molecule has 0 spiro atoms. The third kappa shape index (κ3) is 3.70. The fourth-order valence-corrected chi connectivity index (χ4v) is 2.79. The van der Waals surface area contributed by atoms with E-state index in [-0.39, 0.29) is 0 Å². The summed E-state index contributed by atoms with van der Waals surface area (Å²) in [5.74, 6) is 0.819. The summed E-state index contributed by atoms with van der Waals surface area (Å²) >= 11 is 3.48. The predicted octanol–water partition coefficient (Wildman–Crippen LogP) is 5.53. The minimum Gasteiger partial charge on any atom is -0.0880 e. The molecule has 0 atom stereocenters. The van der Waals surface area contributed by atoms with Crippen LogP contribution in [0.25, 0.3) is 6.08 Å². The lowest BCUT2D eigenvalue weighted by molar-refractivity contribution is 0.443. The van der Waals surface area contributed by atoms with E-state index >= 15 is 0 Å². The van der Waals surface area contributed by atoms with Crippen LogP contribution in [0.3, 0.4) is 0 Å². The summed E-state index contributed by atoms with van der Waals surface area (Å²) in [6, 6.07) is 9.17. The van der Waals surface area contributed by atoms with Gasteiger partial charge in [-0.25, -0.2) is 0 Å². The fourth-order valence-electron chi connectivity index (χ4n) is 2.62. The average molecular weight is 293 g/mol. The quantitative estimate of drug-likeness (QED) is 0.642. The van der Waals surface area contributed by atoms with Gasteiger partial charge in [0.25, 0.3) is 0 Å². The Balaban J connectivity index is 2.07. The summed E-state index contributed by atoms with van der Waals surface area (Å²) in [7, 11) is 0. The Bertz CT molecular complexity index is 369. The number of benzene rings is 1. The molecule has 1 aliphatic carbocycles. The molecule has 1 fully saturated rings.